The van der Waals surface area contributed by atoms with Gasteiger partial charge in [-0.05, 0) is 13.8 Å². The monoisotopic (exact) mass is 258 g/mol. The summed E-state index contributed by atoms with van der Waals surface area (Å²) in [6.07, 6.45) is 1.58. The molecule has 0 radical (unpaired) electrons. The molecule has 1 aromatic heterocycles. The minimum Gasteiger partial charge on any atom is -0.394 e. The number of ether oxygens (including phenoxy) is 2. The molecule has 0 amide bonds. The van der Waals surface area contributed by atoms with E-state index >= 15 is 0 Å². The fourth-order valence-corrected chi connectivity index (χ4v) is 1.49. The molecule has 2 N–H and O–H groups in total. The average molecular weight is 258 g/mol. The predicted molar refractivity (Wildman–Crippen MR) is 65.9 cm³/mol. The van der Waals surface area contributed by atoms with Gasteiger partial charge in [-0.25, -0.2) is 4.68 Å². The predicted octanol–water partition coefficient (Wildman–Crippen LogP) is -0.241. The first-order valence-electron chi connectivity index (χ1n) is 6.23. The molecule has 0 saturated heterocycles. The Morgan fingerprint density at radius 2 is 2.11 bits per heavy atom. The van der Waals surface area contributed by atoms with E-state index in [0.717, 1.165) is 5.69 Å². The fourth-order valence-electron chi connectivity index (χ4n) is 1.49. The van der Waals surface area contributed by atoms with Gasteiger partial charge in [0.25, 0.3) is 0 Å². The molecule has 0 fully saturated rings. The van der Waals surface area contributed by atoms with Crippen LogP contribution in [0.2, 0.25) is 0 Å². The van der Waals surface area contributed by atoms with Gasteiger partial charge in [0.2, 0.25) is 0 Å². The molecule has 0 aliphatic heterocycles. The van der Waals surface area contributed by atoms with Crippen molar-refractivity contribution in [3.63, 3.8) is 0 Å². The van der Waals surface area contributed by atoms with Crippen LogP contribution in [0.15, 0.2) is 6.20 Å². The summed E-state index contributed by atoms with van der Waals surface area (Å²) in [4.78, 5) is 0. The largest absolute Gasteiger partial charge is 0.394 e. The minimum absolute atomic E-state index is 0.0625. The summed E-state index contributed by atoms with van der Waals surface area (Å²) in [5.74, 6) is 0. The van der Waals surface area contributed by atoms with E-state index in [-0.39, 0.29) is 12.9 Å². The van der Waals surface area contributed by atoms with Crippen molar-refractivity contribution in [3.8, 4) is 0 Å². The molecule has 18 heavy (non-hydrogen) atoms. The maximum absolute atomic E-state index is 8.76. The Balaban J connectivity index is 2.25. The van der Waals surface area contributed by atoms with Gasteiger partial charge in [-0.1, -0.05) is 5.21 Å². The average Bonchev–Trinajstić information content (AvgIpc) is 2.78. The van der Waals surface area contributed by atoms with Crippen molar-refractivity contribution in [1.82, 2.24) is 20.3 Å². The van der Waals surface area contributed by atoms with E-state index in [9.17, 15) is 0 Å². The van der Waals surface area contributed by atoms with Crippen LogP contribution in [0.3, 0.4) is 0 Å². The second kappa shape index (κ2) is 8.98. The number of rotatable bonds is 10. The molecular weight excluding hydrogens is 236 g/mol. The topological polar surface area (TPSA) is 81.4 Å². The Bertz CT molecular complexity index is 313. The highest BCUT2D eigenvalue weighted by Crippen LogP contribution is 1.96. The van der Waals surface area contributed by atoms with Crippen molar-refractivity contribution >= 4 is 0 Å². The van der Waals surface area contributed by atoms with Crippen molar-refractivity contribution in [3.05, 3.63) is 11.9 Å². The number of nitrogens with zero attached hydrogens (tertiary/aromatic N) is 3. The number of aromatic nitrogens is 3. The van der Waals surface area contributed by atoms with Crippen molar-refractivity contribution < 1.29 is 14.6 Å². The summed E-state index contributed by atoms with van der Waals surface area (Å²) in [6, 6.07) is 0. The molecule has 0 atom stereocenters. The number of aliphatic hydroxyl groups is 1. The van der Waals surface area contributed by atoms with E-state index < -0.39 is 0 Å². The number of nitrogens with one attached hydrogen (secondary N) is 1. The van der Waals surface area contributed by atoms with Gasteiger partial charge in [0.15, 0.2) is 6.29 Å². The number of hydrogen-bond donors (Lipinski definition) is 2. The van der Waals surface area contributed by atoms with Gasteiger partial charge >= 0.3 is 0 Å². The summed E-state index contributed by atoms with van der Waals surface area (Å²) >= 11 is 0. The Morgan fingerprint density at radius 1 is 1.39 bits per heavy atom. The first kappa shape index (κ1) is 15.0. The van der Waals surface area contributed by atoms with Gasteiger partial charge in [-0.3, -0.25) is 0 Å². The highest BCUT2D eigenvalue weighted by atomic mass is 16.7. The lowest BCUT2D eigenvalue weighted by Crippen LogP contribution is -2.31. The Hall–Kier alpha value is -1.02. The van der Waals surface area contributed by atoms with E-state index in [4.69, 9.17) is 14.6 Å². The highest BCUT2D eigenvalue weighted by Gasteiger charge is 2.07. The minimum atomic E-state index is -0.229. The molecule has 0 spiro atoms. The smallest absolute Gasteiger partial charge is 0.169 e. The zero-order chi connectivity index (χ0) is 13.2. The van der Waals surface area contributed by atoms with Crippen LogP contribution >= 0.6 is 0 Å². The third-order valence-electron chi connectivity index (χ3n) is 2.24. The molecular formula is C11H22N4O3. The Morgan fingerprint density at radius 3 is 2.72 bits per heavy atom. The third-order valence-corrected chi connectivity index (χ3v) is 2.24. The molecule has 0 bridgehead atoms. The van der Waals surface area contributed by atoms with Crippen molar-refractivity contribution in [2.75, 3.05) is 26.4 Å². The molecule has 0 aliphatic rings. The normalized spacial score (nSPS) is 11.3. The maximum atomic E-state index is 8.76. The van der Waals surface area contributed by atoms with Crippen LogP contribution in [-0.2, 0) is 22.6 Å². The van der Waals surface area contributed by atoms with Crippen LogP contribution in [0.25, 0.3) is 0 Å². The van der Waals surface area contributed by atoms with Crippen LogP contribution in [-0.4, -0.2) is 52.8 Å². The lowest BCUT2D eigenvalue weighted by atomic mass is 10.4. The summed E-state index contributed by atoms with van der Waals surface area (Å²) in [6.45, 7) is 6.86. The molecule has 0 aromatic carbocycles. The van der Waals surface area contributed by atoms with E-state index in [1.807, 2.05) is 13.8 Å². The van der Waals surface area contributed by atoms with Gasteiger partial charge < -0.3 is 19.9 Å². The zero-order valence-electron chi connectivity index (χ0n) is 11.0. The lowest BCUT2D eigenvalue weighted by molar-refractivity contribution is -0.133. The molecule has 1 aromatic rings. The molecule has 7 nitrogen and oxygen atoms in total. The van der Waals surface area contributed by atoms with Gasteiger partial charge in [-0.2, -0.15) is 0 Å². The van der Waals surface area contributed by atoms with Crippen LogP contribution < -0.4 is 5.32 Å². The summed E-state index contributed by atoms with van der Waals surface area (Å²) in [7, 11) is 0. The molecule has 0 saturated carbocycles. The number of aliphatic hydroxyl groups excluding tert-OH is 1. The lowest BCUT2D eigenvalue weighted by Gasteiger charge is -2.16. The van der Waals surface area contributed by atoms with E-state index in [1.165, 1.54) is 0 Å². The maximum Gasteiger partial charge on any atom is 0.169 e. The quantitative estimate of drug-likeness (QED) is 0.564. The van der Waals surface area contributed by atoms with Gasteiger partial charge in [0, 0.05) is 32.5 Å². The van der Waals surface area contributed by atoms with E-state index in [0.29, 0.717) is 32.8 Å². The third kappa shape index (κ3) is 5.54. The van der Waals surface area contributed by atoms with E-state index in [1.54, 1.807) is 10.9 Å². The van der Waals surface area contributed by atoms with Gasteiger partial charge in [0.05, 0.1) is 18.8 Å². The molecule has 104 valence electrons. The SMILES string of the molecule is CCOC(CNCc1cn(CCO)nn1)OCC. The van der Waals surface area contributed by atoms with Crippen molar-refractivity contribution in [2.24, 2.45) is 0 Å². The molecule has 0 unspecified atom stereocenters. The first-order chi connectivity index (χ1) is 8.80. The zero-order valence-corrected chi connectivity index (χ0v) is 11.0. The number of hydrogen-bond acceptors (Lipinski definition) is 6. The van der Waals surface area contributed by atoms with Crippen LogP contribution in [0.1, 0.15) is 19.5 Å². The second-order valence-electron chi connectivity index (χ2n) is 3.67. The Kier molecular flexibility index (Phi) is 7.51. The van der Waals surface area contributed by atoms with Crippen LogP contribution in [0, 0.1) is 0 Å². The standard InChI is InChI=1S/C11H22N4O3/c1-3-17-11(18-4-2)8-12-7-10-9-15(5-6-16)14-13-10/h9,11-12,16H,3-8H2,1-2H3. The molecule has 7 heteroatoms. The van der Waals surface area contributed by atoms with E-state index in [2.05, 4.69) is 15.6 Å². The van der Waals surface area contributed by atoms with Crippen molar-refractivity contribution in [1.29, 1.82) is 0 Å². The van der Waals surface area contributed by atoms with Gasteiger partial charge in [0.1, 0.15) is 0 Å². The summed E-state index contributed by atoms with van der Waals surface area (Å²) < 4.78 is 12.4. The summed E-state index contributed by atoms with van der Waals surface area (Å²) in [5.41, 5.74) is 0.829. The Labute approximate surface area is 107 Å². The van der Waals surface area contributed by atoms with Gasteiger partial charge in [-0.15, -0.1) is 5.10 Å². The van der Waals surface area contributed by atoms with Crippen LogP contribution in [0.4, 0.5) is 0 Å². The first-order valence-corrected chi connectivity index (χ1v) is 6.23. The fraction of sp³-hybridized carbons (Fsp3) is 0.818. The second-order valence-corrected chi connectivity index (χ2v) is 3.67. The molecule has 1 heterocycles. The molecule has 0 aliphatic carbocycles. The van der Waals surface area contributed by atoms with Crippen LogP contribution in [0.5, 0.6) is 0 Å². The summed E-state index contributed by atoms with van der Waals surface area (Å²) in [5, 5.41) is 19.8. The van der Waals surface area contributed by atoms with Crippen molar-refractivity contribution in [2.45, 2.75) is 33.2 Å². The highest BCUT2D eigenvalue weighted by molar-refractivity contribution is 4.91. The molecule has 1 rings (SSSR count).